The largest absolute Gasteiger partial charge is 0.450 e. The van der Waals surface area contributed by atoms with Crippen LogP contribution in [0.25, 0.3) is 0 Å². The van der Waals surface area contributed by atoms with Gasteiger partial charge in [-0.25, -0.2) is 9.59 Å². The van der Waals surface area contributed by atoms with Gasteiger partial charge in [0, 0.05) is 42.2 Å². The zero-order valence-corrected chi connectivity index (χ0v) is 14.3. The molecule has 1 N–H and O–H groups in total. The summed E-state index contributed by atoms with van der Waals surface area (Å²) in [6.45, 7) is 1.06. The molecule has 0 atom stereocenters. The van der Waals surface area contributed by atoms with Crippen molar-refractivity contribution < 1.29 is 14.3 Å². The average Bonchev–Trinajstić information content (AvgIpc) is 2.90. The van der Waals surface area contributed by atoms with Crippen LogP contribution in [-0.2, 0) is 10.3 Å². The van der Waals surface area contributed by atoms with Crippen molar-refractivity contribution >= 4 is 29.3 Å². The predicted molar refractivity (Wildman–Crippen MR) is 94.8 cm³/mol. The fourth-order valence-corrected chi connectivity index (χ4v) is 3.65. The molecule has 6 heteroatoms. The number of nitrogens with one attached hydrogen (secondary N) is 1. The maximum atomic E-state index is 12.4. The van der Waals surface area contributed by atoms with Gasteiger partial charge in [-0.05, 0) is 30.3 Å². The molecular formula is C19H17ClN2O3. The third-order valence-electron chi connectivity index (χ3n) is 4.88. The number of ether oxygens (including phenoxy) is 1. The number of esters is 1. The van der Waals surface area contributed by atoms with Crippen LogP contribution in [-0.4, -0.2) is 30.0 Å². The number of likely N-dealkylation sites (tertiary alicyclic amines) is 1. The summed E-state index contributed by atoms with van der Waals surface area (Å²) in [4.78, 5) is 26.3. The van der Waals surface area contributed by atoms with E-state index in [1.54, 1.807) is 35.2 Å². The summed E-state index contributed by atoms with van der Waals surface area (Å²) < 4.78 is 5.71. The molecule has 0 aliphatic carbocycles. The lowest BCUT2D eigenvalue weighted by Crippen LogP contribution is -2.46. The van der Waals surface area contributed by atoms with E-state index in [0.717, 1.165) is 5.56 Å². The monoisotopic (exact) mass is 356 g/mol. The summed E-state index contributed by atoms with van der Waals surface area (Å²) in [5.41, 5.74) is 1.69. The second-order valence-electron chi connectivity index (χ2n) is 6.35. The summed E-state index contributed by atoms with van der Waals surface area (Å²) in [6.07, 6.45) is 1.20. The number of halogens is 1. The van der Waals surface area contributed by atoms with Crippen LogP contribution in [0.3, 0.4) is 0 Å². The van der Waals surface area contributed by atoms with Gasteiger partial charge in [0.25, 0.3) is 0 Å². The van der Waals surface area contributed by atoms with Crippen molar-refractivity contribution in [3.63, 3.8) is 0 Å². The van der Waals surface area contributed by atoms with E-state index in [1.165, 1.54) is 0 Å². The van der Waals surface area contributed by atoms with Gasteiger partial charge in [0.2, 0.25) is 0 Å². The number of fused-ring (bicyclic) bond motifs is 2. The molecule has 1 spiro atoms. The van der Waals surface area contributed by atoms with Crippen LogP contribution < -0.4 is 5.32 Å². The summed E-state index contributed by atoms with van der Waals surface area (Å²) in [6, 6.07) is 14.3. The van der Waals surface area contributed by atoms with Crippen LogP contribution in [0.2, 0.25) is 5.02 Å². The third-order valence-corrected chi connectivity index (χ3v) is 5.13. The molecular weight excluding hydrogens is 340 g/mol. The summed E-state index contributed by atoms with van der Waals surface area (Å²) in [7, 11) is 0. The molecule has 2 aromatic carbocycles. The van der Waals surface area contributed by atoms with Gasteiger partial charge in [-0.1, -0.05) is 29.8 Å². The molecule has 0 radical (unpaired) electrons. The number of amides is 2. The molecule has 2 amide bonds. The molecule has 2 aromatic rings. The summed E-state index contributed by atoms with van der Waals surface area (Å²) >= 11 is 5.85. The Morgan fingerprint density at radius 2 is 1.76 bits per heavy atom. The highest BCUT2D eigenvalue weighted by Crippen LogP contribution is 2.43. The number of carbonyl (C=O) groups is 2. The van der Waals surface area contributed by atoms with Crippen LogP contribution >= 0.6 is 11.6 Å². The first kappa shape index (κ1) is 16.0. The Morgan fingerprint density at radius 1 is 1.08 bits per heavy atom. The molecule has 2 aliphatic rings. The number of rotatable bonds is 1. The van der Waals surface area contributed by atoms with Crippen molar-refractivity contribution in [1.29, 1.82) is 0 Å². The minimum absolute atomic E-state index is 0.158. The Balaban J connectivity index is 1.44. The van der Waals surface area contributed by atoms with Gasteiger partial charge in [-0.3, -0.25) is 0 Å². The van der Waals surface area contributed by atoms with E-state index in [4.69, 9.17) is 16.3 Å². The second-order valence-corrected chi connectivity index (χ2v) is 6.79. The van der Waals surface area contributed by atoms with Crippen molar-refractivity contribution in [1.82, 2.24) is 4.90 Å². The zero-order valence-electron chi connectivity index (χ0n) is 13.5. The zero-order chi connectivity index (χ0) is 17.4. The van der Waals surface area contributed by atoms with Crippen molar-refractivity contribution in [2.75, 3.05) is 18.4 Å². The maximum absolute atomic E-state index is 12.4. The van der Waals surface area contributed by atoms with E-state index >= 15 is 0 Å². The Bertz CT molecular complexity index is 827. The maximum Gasteiger partial charge on any atom is 0.339 e. The number of piperidine rings is 1. The van der Waals surface area contributed by atoms with Crippen LogP contribution in [0.4, 0.5) is 10.5 Å². The predicted octanol–water partition coefficient (Wildman–Crippen LogP) is 4.03. The summed E-state index contributed by atoms with van der Waals surface area (Å²) in [5.74, 6) is -0.269. The van der Waals surface area contributed by atoms with Crippen molar-refractivity contribution in [2.24, 2.45) is 0 Å². The molecule has 25 heavy (non-hydrogen) atoms. The van der Waals surface area contributed by atoms with Gasteiger partial charge in [0.05, 0.1) is 5.56 Å². The van der Waals surface area contributed by atoms with Crippen LogP contribution in [0, 0.1) is 0 Å². The Morgan fingerprint density at radius 3 is 2.48 bits per heavy atom. The van der Waals surface area contributed by atoms with Crippen molar-refractivity contribution in [2.45, 2.75) is 18.4 Å². The Labute approximate surface area is 150 Å². The minimum Gasteiger partial charge on any atom is -0.450 e. The molecule has 128 valence electrons. The highest BCUT2D eigenvalue weighted by molar-refractivity contribution is 6.30. The van der Waals surface area contributed by atoms with Gasteiger partial charge in [0.1, 0.15) is 5.60 Å². The number of hydrogen-bond acceptors (Lipinski definition) is 3. The standard InChI is InChI=1S/C19H17ClN2O3/c20-13-5-7-14(8-6-13)21-18(24)22-11-9-19(10-12-22)16-4-2-1-3-15(16)17(23)25-19/h1-8H,9-12H2,(H,21,24). The number of carbonyl (C=O) groups excluding carboxylic acids is 2. The topological polar surface area (TPSA) is 58.6 Å². The van der Waals surface area contributed by atoms with Crippen LogP contribution in [0.1, 0.15) is 28.8 Å². The number of anilines is 1. The third kappa shape index (κ3) is 2.85. The number of urea groups is 1. The Hall–Kier alpha value is -2.53. The van der Waals surface area contributed by atoms with E-state index in [1.807, 2.05) is 18.2 Å². The van der Waals surface area contributed by atoms with Gasteiger partial charge in [0.15, 0.2) is 0 Å². The molecule has 2 heterocycles. The molecule has 1 fully saturated rings. The lowest BCUT2D eigenvalue weighted by molar-refractivity contribution is -0.0363. The van der Waals surface area contributed by atoms with Crippen LogP contribution in [0.5, 0.6) is 0 Å². The molecule has 0 saturated carbocycles. The molecule has 0 unspecified atom stereocenters. The van der Waals surface area contributed by atoms with E-state index in [9.17, 15) is 9.59 Å². The smallest absolute Gasteiger partial charge is 0.339 e. The van der Waals surface area contributed by atoms with Gasteiger partial charge in [-0.2, -0.15) is 0 Å². The van der Waals surface area contributed by atoms with Crippen LogP contribution in [0.15, 0.2) is 48.5 Å². The van der Waals surface area contributed by atoms with Gasteiger partial charge < -0.3 is 15.0 Å². The number of benzene rings is 2. The van der Waals surface area contributed by atoms with Gasteiger partial charge in [-0.15, -0.1) is 0 Å². The normalized spacial score (nSPS) is 18.0. The number of nitrogens with zero attached hydrogens (tertiary/aromatic N) is 1. The van der Waals surface area contributed by atoms with E-state index in [-0.39, 0.29) is 12.0 Å². The molecule has 1 saturated heterocycles. The fraction of sp³-hybridized carbons (Fsp3) is 0.263. The van der Waals surface area contributed by atoms with E-state index in [0.29, 0.717) is 42.2 Å². The van der Waals surface area contributed by atoms with E-state index < -0.39 is 5.60 Å². The highest BCUT2D eigenvalue weighted by Gasteiger charge is 2.47. The first-order valence-electron chi connectivity index (χ1n) is 8.22. The second kappa shape index (κ2) is 6.08. The minimum atomic E-state index is -0.593. The molecule has 5 nitrogen and oxygen atoms in total. The highest BCUT2D eigenvalue weighted by atomic mass is 35.5. The molecule has 4 rings (SSSR count). The van der Waals surface area contributed by atoms with E-state index in [2.05, 4.69) is 5.32 Å². The SMILES string of the molecule is O=C1OC2(CCN(C(=O)Nc3ccc(Cl)cc3)CC2)c2ccccc21. The molecule has 0 bridgehead atoms. The fourth-order valence-electron chi connectivity index (χ4n) is 3.52. The molecule has 2 aliphatic heterocycles. The lowest BCUT2D eigenvalue weighted by Gasteiger charge is -2.38. The summed E-state index contributed by atoms with van der Waals surface area (Å²) in [5, 5.41) is 3.49. The Kier molecular flexibility index (Phi) is 3.88. The van der Waals surface area contributed by atoms with Gasteiger partial charge >= 0.3 is 12.0 Å². The first-order chi connectivity index (χ1) is 12.1. The quantitative estimate of drug-likeness (QED) is 0.785. The molecule has 0 aromatic heterocycles. The first-order valence-corrected chi connectivity index (χ1v) is 8.60. The number of hydrogen-bond donors (Lipinski definition) is 1. The average molecular weight is 357 g/mol. The van der Waals surface area contributed by atoms with Crippen molar-refractivity contribution in [3.8, 4) is 0 Å². The lowest BCUT2D eigenvalue weighted by atomic mass is 9.84. The van der Waals surface area contributed by atoms with Crippen molar-refractivity contribution in [3.05, 3.63) is 64.7 Å².